The number of ether oxygens (including phenoxy) is 1. The highest BCUT2D eigenvalue weighted by molar-refractivity contribution is 5.52. The summed E-state index contributed by atoms with van der Waals surface area (Å²) in [7, 11) is 0. The van der Waals surface area contributed by atoms with Crippen LogP contribution in [0.4, 0.5) is 21.7 Å². The molecule has 2 fully saturated rings. The molecular weight excluding hydrogens is 359 g/mol. The minimum absolute atomic E-state index is 0.197. The van der Waals surface area contributed by atoms with Crippen molar-refractivity contribution < 1.29 is 9.13 Å². The summed E-state index contributed by atoms with van der Waals surface area (Å²) in [5.74, 6) is 1.61. The molecule has 2 aromatic rings. The van der Waals surface area contributed by atoms with E-state index in [1.54, 1.807) is 6.33 Å². The highest BCUT2D eigenvalue weighted by atomic mass is 19.1. The first-order chi connectivity index (χ1) is 13.8. The number of nitrogens with zero attached hydrogens (tertiary/aromatic N) is 5. The molecule has 0 aliphatic carbocycles. The van der Waals surface area contributed by atoms with Crippen LogP contribution in [0.25, 0.3) is 0 Å². The first-order valence-electron chi connectivity index (χ1n) is 9.89. The predicted octanol–water partition coefficient (Wildman–Crippen LogP) is 1.69. The Hall–Kier alpha value is -2.45. The first kappa shape index (κ1) is 18.9. The van der Waals surface area contributed by atoms with E-state index in [1.165, 1.54) is 12.1 Å². The van der Waals surface area contributed by atoms with E-state index in [4.69, 9.17) is 4.74 Å². The average molecular weight is 386 g/mol. The van der Waals surface area contributed by atoms with Gasteiger partial charge in [-0.05, 0) is 24.3 Å². The molecule has 1 aromatic carbocycles. The van der Waals surface area contributed by atoms with E-state index >= 15 is 0 Å². The smallest absolute Gasteiger partial charge is 0.134 e. The summed E-state index contributed by atoms with van der Waals surface area (Å²) >= 11 is 0. The third kappa shape index (κ3) is 4.88. The maximum Gasteiger partial charge on any atom is 0.134 e. The van der Waals surface area contributed by atoms with Gasteiger partial charge < -0.3 is 19.9 Å². The van der Waals surface area contributed by atoms with Gasteiger partial charge in [-0.2, -0.15) is 0 Å². The number of aromatic nitrogens is 2. The normalized spacial score (nSPS) is 18.3. The first-order valence-corrected chi connectivity index (χ1v) is 9.89. The van der Waals surface area contributed by atoms with Crippen LogP contribution < -0.4 is 15.1 Å². The summed E-state index contributed by atoms with van der Waals surface area (Å²) in [5.41, 5.74) is 1.06. The van der Waals surface area contributed by atoms with Gasteiger partial charge in [0.25, 0.3) is 0 Å². The van der Waals surface area contributed by atoms with Crippen molar-refractivity contribution >= 4 is 17.3 Å². The molecule has 0 radical (unpaired) electrons. The van der Waals surface area contributed by atoms with Gasteiger partial charge in [0.05, 0.1) is 13.2 Å². The van der Waals surface area contributed by atoms with Crippen LogP contribution in [0.3, 0.4) is 0 Å². The SMILES string of the molecule is Fc1ccc(N2CCN(c3cc(NCCN4CCOCC4)ncn3)CC2)cc1. The van der Waals surface area contributed by atoms with Gasteiger partial charge in [0.1, 0.15) is 23.8 Å². The maximum atomic E-state index is 13.1. The number of benzene rings is 1. The Morgan fingerprint density at radius 3 is 2.39 bits per heavy atom. The van der Waals surface area contributed by atoms with Crippen molar-refractivity contribution in [2.75, 3.05) is 80.7 Å². The average Bonchev–Trinajstić information content (AvgIpc) is 2.75. The standard InChI is InChI=1S/C20H27FN6O/c21-17-1-3-18(4-2-17)26-7-9-27(10-8-26)20-15-19(23-16-24-20)22-5-6-25-11-13-28-14-12-25/h1-4,15-16H,5-14H2,(H,22,23,24). The lowest BCUT2D eigenvalue weighted by Gasteiger charge is -2.36. The third-order valence-electron chi connectivity index (χ3n) is 5.29. The van der Waals surface area contributed by atoms with Crippen molar-refractivity contribution in [2.45, 2.75) is 0 Å². The van der Waals surface area contributed by atoms with E-state index in [-0.39, 0.29) is 5.82 Å². The molecule has 3 heterocycles. The molecule has 1 N–H and O–H groups in total. The van der Waals surface area contributed by atoms with Gasteiger partial charge in [-0.1, -0.05) is 0 Å². The minimum atomic E-state index is -0.197. The zero-order valence-electron chi connectivity index (χ0n) is 16.1. The van der Waals surface area contributed by atoms with Crippen molar-refractivity contribution in [1.82, 2.24) is 14.9 Å². The van der Waals surface area contributed by atoms with E-state index in [0.29, 0.717) is 0 Å². The lowest BCUT2D eigenvalue weighted by Crippen LogP contribution is -2.46. The van der Waals surface area contributed by atoms with Crippen molar-refractivity contribution in [1.29, 1.82) is 0 Å². The molecule has 0 bridgehead atoms. The maximum absolute atomic E-state index is 13.1. The molecule has 2 saturated heterocycles. The van der Waals surface area contributed by atoms with Gasteiger partial charge in [0.2, 0.25) is 0 Å². The fraction of sp³-hybridized carbons (Fsp3) is 0.500. The topological polar surface area (TPSA) is 56.8 Å². The van der Waals surface area contributed by atoms with Gasteiger partial charge in [-0.15, -0.1) is 0 Å². The molecule has 150 valence electrons. The quantitative estimate of drug-likeness (QED) is 0.811. The molecule has 2 aliphatic heterocycles. The Balaban J connectivity index is 1.27. The van der Waals surface area contributed by atoms with Crippen LogP contribution in [0.5, 0.6) is 0 Å². The van der Waals surface area contributed by atoms with Crippen molar-refractivity contribution in [2.24, 2.45) is 0 Å². The Morgan fingerprint density at radius 2 is 1.64 bits per heavy atom. The summed E-state index contributed by atoms with van der Waals surface area (Å²) in [6.45, 7) is 9.00. The van der Waals surface area contributed by atoms with Crippen LogP contribution >= 0.6 is 0 Å². The fourth-order valence-electron chi connectivity index (χ4n) is 3.63. The molecule has 2 aliphatic rings. The van der Waals surface area contributed by atoms with Gasteiger partial charge in [-0.3, -0.25) is 4.90 Å². The number of piperazine rings is 1. The summed E-state index contributed by atoms with van der Waals surface area (Å²) in [4.78, 5) is 15.7. The number of morpholine rings is 1. The summed E-state index contributed by atoms with van der Waals surface area (Å²) < 4.78 is 18.5. The van der Waals surface area contributed by atoms with E-state index in [0.717, 1.165) is 82.9 Å². The zero-order chi connectivity index (χ0) is 19.2. The van der Waals surface area contributed by atoms with Crippen LogP contribution in [-0.2, 0) is 4.74 Å². The number of hydrogen-bond acceptors (Lipinski definition) is 7. The van der Waals surface area contributed by atoms with E-state index < -0.39 is 0 Å². The summed E-state index contributed by atoms with van der Waals surface area (Å²) in [6, 6.07) is 8.73. The van der Waals surface area contributed by atoms with Crippen molar-refractivity contribution in [3.05, 3.63) is 42.5 Å². The molecule has 0 unspecified atom stereocenters. The third-order valence-corrected chi connectivity index (χ3v) is 5.29. The molecule has 0 amide bonds. The van der Waals surface area contributed by atoms with Gasteiger partial charge >= 0.3 is 0 Å². The molecule has 8 heteroatoms. The lowest BCUT2D eigenvalue weighted by molar-refractivity contribution is 0.0398. The number of halogens is 1. The van der Waals surface area contributed by atoms with Crippen LogP contribution in [0.15, 0.2) is 36.7 Å². The second-order valence-electron chi connectivity index (χ2n) is 7.09. The molecular formula is C20H27FN6O. The predicted molar refractivity (Wildman–Crippen MR) is 109 cm³/mol. The number of nitrogens with one attached hydrogen (secondary N) is 1. The Morgan fingerprint density at radius 1 is 0.929 bits per heavy atom. The highest BCUT2D eigenvalue weighted by Crippen LogP contribution is 2.20. The second kappa shape index (κ2) is 9.16. The number of hydrogen-bond donors (Lipinski definition) is 1. The van der Waals surface area contributed by atoms with E-state index in [1.807, 2.05) is 18.2 Å². The Labute approximate surface area is 165 Å². The largest absolute Gasteiger partial charge is 0.379 e. The van der Waals surface area contributed by atoms with E-state index in [2.05, 4.69) is 30.0 Å². The summed E-state index contributed by atoms with van der Waals surface area (Å²) in [6.07, 6.45) is 1.62. The number of anilines is 3. The second-order valence-corrected chi connectivity index (χ2v) is 7.09. The Kier molecular flexibility index (Phi) is 6.18. The van der Waals surface area contributed by atoms with Crippen LogP contribution in [0.2, 0.25) is 0 Å². The molecule has 0 atom stereocenters. The minimum Gasteiger partial charge on any atom is -0.379 e. The molecule has 28 heavy (non-hydrogen) atoms. The van der Waals surface area contributed by atoms with Crippen LogP contribution in [0.1, 0.15) is 0 Å². The molecule has 0 spiro atoms. The monoisotopic (exact) mass is 386 g/mol. The van der Waals surface area contributed by atoms with E-state index in [9.17, 15) is 4.39 Å². The summed E-state index contributed by atoms with van der Waals surface area (Å²) in [5, 5.41) is 3.41. The molecule has 7 nitrogen and oxygen atoms in total. The lowest BCUT2D eigenvalue weighted by atomic mass is 10.2. The van der Waals surface area contributed by atoms with Crippen molar-refractivity contribution in [3.8, 4) is 0 Å². The molecule has 1 aromatic heterocycles. The van der Waals surface area contributed by atoms with Gasteiger partial charge in [0, 0.05) is 64.1 Å². The fourth-order valence-corrected chi connectivity index (χ4v) is 3.63. The van der Waals surface area contributed by atoms with Crippen LogP contribution in [0, 0.1) is 5.82 Å². The highest BCUT2D eigenvalue weighted by Gasteiger charge is 2.19. The van der Waals surface area contributed by atoms with Gasteiger partial charge in [-0.25, -0.2) is 14.4 Å². The van der Waals surface area contributed by atoms with Gasteiger partial charge in [0.15, 0.2) is 0 Å². The Bertz CT molecular complexity index is 745. The molecule has 4 rings (SSSR count). The zero-order valence-corrected chi connectivity index (χ0v) is 16.1. The molecule has 0 saturated carbocycles. The van der Waals surface area contributed by atoms with Crippen molar-refractivity contribution in [3.63, 3.8) is 0 Å². The number of rotatable bonds is 6. The van der Waals surface area contributed by atoms with Crippen LogP contribution in [-0.4, -0.2) is 80.4 Å².